The predicted molar refractivity (Wildman–Crippen MR) is 130 cm³/mol. The maximum absolute atomic E-state index is 8.97. The molecule has 0 aromatic carbocycles. The molecule has 0 unspecified atom stereocenters. The lowest BCUT2D eigenvalue weighted by molar-refractivity contribution is 0.113. The first kappa shape index (κ1) is 28.9. The number of rotatable bonds is 22. The Bertz CT molecular complexity index is 331. The normalized spacial score (nSPS) is 12.6. The van der Waals surface area contributed by atoms with Crippen LogP contribution in [0.25, 0.3) is 0 Å². The van der Waals surface area contributed by atoms with Crippen molar-refractivity contribution in [1.29, 1.82) is 0 Å². The van der Waals surface area contributed by atoms with E-state index in [4.69, 9.17) is 9.84 Å². The molecule has 0 saturated heterocycles. The molecule has 0 heterocycles. The van der Waals surface area contributed by atoms with Gasteiger partial charge >= 0.3 is 0 Å². The number of aliphatic hydroxyl groups excluding tert-OH is 1. The number of hydrogen-bond acceptors (Lipinski definition) is 2. The fourth-order valence-corrected chi connectivity index (χ4v) is 5.01. The van der Waals surface area contributed by atoms with E-state index in [9.17, 15) is 0 Å². The van der Waals surface area contributed by atoms with Gasteiger partial charge in [0.25, 0.3) is 0 Å². The molecule has 0 amide bonds. The highest BCUT2D eigenvalue weighted by Gasteiger charge is 2.25. The first-order chi connectivity index (χ1) is 14.1. The van der Waals surface area contributed by atoms with Crippen LogP contribution in [-0.4, -0.2) is 24.9 Å². The van der Waals surface area contributed by atoms with E-state index in [0.29, 0.717) is 17.4 Å². The molecule has 0 bridgehead atoms. The maximum atomic E-state index is 8.97. The summed E-state index contributed by atoms with van der Waals surface area (Å²) in [5.74, 6) is 0. The smallest absolute Gasteiger partial charge is 0.0466 e. The Labute approximate surface area is 184 Å². The Morgan fingerprint density at radius 3 is 1.31 bits per heavy atom. The van der Waals surface area contributed by atoms with Crippen molar-refractivity contribution in [3.63, 3.8) is 0 Å². The second-order valence-electron chi connectivity index (χ2n) is 9.58. The lowest BCUT2D eigenvalue weighted by Crippen LogP contribution is -2.19. The van der Waals surface area contributed by atoms with Crippen LogP contribution >= 0.6 is 0 Å². The van der Waals surface area contributed by atoms with E-state index in [-0.39, 0.29) is 0 Å². The summed E-state index contributed by atoms with van der Waals surface area (Å²) in [6, 6.07) is 0. The van der Waals surface area contributed by atoms with Gasteiger partial charge in [0.1, 0.15) is 0 Å². The molecule has 0 aliphatic heterocycles. The quantitative estimate of drug-likeness (QED) is 0.180. The highest BCUT2D eigenvalue weighted by Crippen LogP contribution is 2.39. The maximum Gasteiger partial charge on any atom is 0.0466 e. The van der Waals surface area contributed by atoms with Crippen molar-refractivity contribution in [2.45, 2.75) is 144 Å². The minimum Gasteiger partial charge on any atom is -0.396 e. The SMILES string of the molecule is CCCCC(CC)(CC)CCCCOCCCCC(CC)(CC)CCCCCO. The van der Waals surface area contributed by atoms with Gasteiger partial charge in [0.05, 0.1) is 0 Å². The van der Waals surface area contributed by atoms with Gasteiger partial charge in [0.2, 0.25) is 0 Å². The molecule has 0 aliphatic rings. The third-order valence-electron chi connectivity index (χ3n) is 7.92. The van der Waals surface area contributed by atoms with Gasteiger partial charge in [-0.2, -0.15) is 0 Å². The first-order valence-electron chi connectivity index (χ1n) is 13.3. The molecule has 0 rings (SSSR count). The molecule has 0 fully saturated rings. The van der Waals surface area contributed by atoms with E-state index in [2.05, 4.69) is 34.6 Å². The van der Waals surface area contributed by atoms with Gasteiger partial charge in [-0.3, -0.25) is 0 Å². The molecule has 29 heavy (non-hydrogen) atoms. The minimum absolute atomic E-state index is 0.346. The van der Waals surface area contributed by atoms with Crippen LogP contribution in [0.15, 0.2) is 0 Å². The Morgan fingerprint density at radius 2 is 0.931 bits per heavy atom. The van der Waals surface area contributed by atoms with Crippen molar-refractivity contribution in [3.8, 4) is 0 Å². The molecule has 0 aliphatic carbocycles. The summed E-state index contributed by atoms with van der Waals surface area (Å²) in [6.07, 6.45) is 21.9. The summed E-state index contributed by atoms with van der Waals surface area (Å²) in [5, 5.41) is 8.97. The van der Waals surface area contributed by atoms with Crippen molar-refractivity contribution in [2.24, 2.45) is 10.8 Å². The largest absolute Gasteiger partial charge is 0.396 e. The highest BCUT2D eigenvalue weighted by atomic mass is 16.5. The van der Waals surface area contributed by atoms with Gasteiger partial charge in [-0.05, 0) is 55.8 Å². The van der Waals surface area contributed by atoms with Crippen molar-refractivity contribution < 1.29 is 9.84 Å². The highest BCUT2D eigenvalue weighted by molar-refractivity contribution is 4.77. The van der Waals surface area contributed by atoms with Gasteiger partial charge in [0, 0.05) is 19.8 Å². The molecule has 0 saturated carbocycles. The average molecular weight is 413 g/mol. The van der Waals surface area contributed by atoms with Crippen LogP contribution in [0.2, 0.25) is 0 Å². The second-order valence-corrected chi connectivity index (χ2v) is 9.58. The zero-order valence-electron chi connectivity index (χ0n) is 21.0. The second kappa shape index (κ2) is 18.7. The molecular weight excluding hydrogens is 356 g/mol. The zero-order chi connectivity index (χ0) is 21.8. The number of ether oxygens (including phenoxy) is 1. The predicted octanol–water partition coefficient (Wildman–Crippen LogP) is 8.70. The third-order valence-corrected chi connectivity index (χ3v) is 7.92. The molecule has 0 spiro atoms. The van der Waals surface area contributed by atoms with Crippen molar-refractivity contribution >= 4 is 0 Å². The van der Waals surface area contributed by atoms with Gasteiger partial charge in [-0.15, -0.1) is 0 Å². The van der Waals surface area contributed by atoms with Crippen molar-refractivity contribution in [2.75, 3.05) is 19.8 Å². The Balaban J connectivity index is 3.89. The summed E-state index contributed by atoms with van der Waals surface area (Å²) in [5.41, 5.74) is 1.12. The van der Waals surface area contributed by atoms with Gasteiger partial charge in [-0.25, -0.2) is 0 Å². The fraction of sp³-hybridized carbons (Fsp3) is 1.00. The van der Waals surface area contributed by atoms with Crippen LogP contribution in [0.3, 0.4) is 0 Å². The lowest BCUT2D eigenvalue weighted by atomic mass is 9.74. The summed E-state index contributed by atoms with van der Waals surface area (Å²) in [4.78, 5) is 0. The topological polar surface area (TPSA) is 29.5 Å². The Kier molecular flexibility index (Phi) is 18.6. The van der Waals surface area contributed by atoms with Crippen LogP contribution in [0, 0.1) is 10.8 Å². The van der Waals surface area contributed by atoms with E-state index in [1.807, 2.05) is 0 Å². The number of aliphatic hydroxyl groups is 1. The first-order valence-corrected chi connectivity index (χ1v) is 13.3. The van der Waals surface area contributed by atoms with Gasteiger partial charge in [0.15, 0.2) is 0 Å². The van der Waals surface area contributed by atoms with Gasteiger partial charge < -0.3 is 9.84 Å². The molecule has 0 aromatic rings. The van der Waals surface area contributed by atoms with Crippen molar-refractivity contribution in [3.05, 3.63) is 0 Å². The molecule has 0 aromatic heterocycles. The monoisotopic (exact) mass is 412 g/mol. The van der Waals surface area contributed by atoms with Crippen LogP contribution in [0.4, 0.5) is 0 Å². The Morgan fingerprint density at radius 1 is 0.517 bits per heavy atom. The molecule has 0 radical (unpaired) electrons. The standard InChI is InChI=1S/C27H56O2/c1-6-11-19-26(7-2,8-3)21-14-17-24-29-25-18-15-22-27(9-4,10-5)20-13-12-16-23-28/h28H,6-25H2,1-5H3. The minimum atomic E-state index is 0.346. The third kappa shape index (κ3) is 13.0. The van der Waals surface area contributed by atoms with Crippen LogP contribution in [0.5, 0.6) is 0 Å². The van der Waals surface area contributed by atoms with Crippen LogP contribution < -0.4 is 0 Å². The molecule has 2 nitrogen and oxygen atoms in total. The van der Waals surface area contributed by atoms with E-state index < -0.39 is 0 Å². The zero-order valence-corrected chi connectivity index (χ0v) is 21.0. The summed E-state index contributed by atoms with van der Waals surface area (Å²) in [6.45, 7) is 14.0. The van der Waals surface area contributed by atoms with Crippen molar-refractivity contribution in [1.82, 2.24) is 0 Å². The van der Waals surface area contributed by atoms with Gasteiger partial charge in [-0.1, -0.05) is 98.8 Å². The van der Waals surface area contributed by atoms with E-state index in [0.717, 1.165) is 19.6 Å². The van der Waals surface area contributed by atoms with E-state index in [1.54, 1.807) is 0 Å². The summed E-state index contributed by atoms with van der Waals surface area (Å²) >= 11 is 0. The molecule has 0 atom stereocenters. The van der Waals surface area contributed by atoms with Crippen LogP contribution in [0.1, 0.15) is 144 Å². The fourth-order valence-electron chi connectivity index (χ4n) is 5.01. The van der Waals surface area contributed by atoms with Crippen LogP contribution in [-0.2, 0) is 4.74 Å². The molecule has 2 heteroatoms. The molecule has 1 N–H and O–H groups in total. The lowest BCUT2D eigenvalue weighted by Gasteiger charge is -2.32. The van der Waals surface area contributed by atoms with E-state index >= 15 is 0 Å². The molecule has 176 valence electrons. The number of hydrogen-bond donors (Lipinski definition) is 1. The van der Waals surface area contributed by atoms with E-state index in [1.165, 1.54) is 103 Å². The molecular formula is C27H56O2. The Hall–Kier alpha value is -0.0800. The summed E-state index contributed by atoms with van der Waals surface area (Å²) in [7, 11) is 0. The number of unbranched alkanes of at least 4 members (excludes halogenated alkanes) is 5. The average Bonchev–Trinajstić information content (AvgIpc) is 2.76. The summed E-state index contributed by atoms with van der Waals surface area (Å²) < 4.78 is 5.96.